The fourth-order valence-electron chi connectivity index (χ4n) is 2.12. The fraction of sp³-hybridized carbons (Fsp3) is 0.529. The minimum absolute atomic E-state index is 0.188. The van der Waals surface area contributed by atoms with Gasteiger partial charge in [0.15, 0.2) is 6.61 Å². The Bertz CT molecular complexity index is 528. The third-order valence-electron chi connectivity index (χ3n) is 3.44. The molecule has 1 atom stereocenters. The van der Waals surface area contributed by atoms with Gasteiger partial charge in [-0.2, -0.15) is 0 Å². The quantitative estimate of drug-likeness (QED) is 0.640. The number of rotatable bonds is 6. The second kappa shape index (κ2) is 8.53. The molecule has 0 unspecified atom stereocenters. The van der Waals surface area contributed by atoms with Gasteiger partial charge in [-0.1, -0.05) is 45.9 Å². The number of para-hydroxylation sites is 1. The average Bonchev–Trinajstić information content (AvgIpc) is 2.51. The van der Waals surface area contributed by atoms with Gasteiger partial charge in [-0.05, 0) is 23.0 Å². The van der Waals surface area contributed by atoms with Crippen LogP contribution in [0.1, 0.15) is 50.7 Å². The molecule has 1 aromatic carbocycles. The Hall–Kier alpha value is -2.08. The molecule has 0 bridgehead atoms. The minimum atomic E-state index is -0.849. The van der Waals surface area contributed by atoms with E-state index in [0.29, 0.717) is 5.75 Å². The molecule has 0 fully saturated rings. The van der Waals surface area contributed by atoms with Crippen molar-refractivity contribution in [3.8, 4) is 5.75 Å². The SMILES string of the molecule is COC(=O)[C@@H]([NH3+])COC(=O)Oc1c(C(C)C)cccc1C(C)C. The van der Waals surface area contributed by atoms with Crippen molar-refractivity contribution in [2.75, 3.05) is 13.7 Å². The summed E-state index contributed by atoms with van der Waals surface area (Å²) in [4.78, 5) is 23.2. The zero-order valence-electron chi connectivity index (χ0n) is 14.4. The first-order valence-corrected chi connectivity index (χ1v) is 7.66. The number of ether oxygens (including phenoxy) is 3. The number of esters is 1. The second-order valence-electron chi connectivity index (χ2n) is 5.96. The summed E-state index contributed by atoms with van der Waals surface area (Å²) in [5.41, 5.74) is 5.45. The topological polar surface area (TPSA) is 89.5 Å². The van der Waals surface area contributed by atoms with Crippen molar-refractivity contribution in [3.05, 3.63) is 29.3 Å². The van der Waals surface area contributed by atoms with Gasteiger partial charge in [0.05, 0.1) is 7.11 Å². The minimum Gasteiger partial charge on any atom is -0.465 e. The monoisotopic (exact) mass is 324 g/mol. The van der Waals surface area contributed by atoms with Crippen LogP contribution in [0.2, 0.25) is 0 Å². The summed E-state index contributed by atoms with van der Waals surface area (Å²) in [6.45, 7) is 7.93. The van der Waals surface area contributed by atoms with E-state index in [2.05, 4.69) is 10.5 Å². The molecular formula is C17H26NO5+. The van der Waals surface area contributed by atoms with Crippen LogP contribution in [0.15, 0.2) is 18.2 Å². The van der Waals surface area contributed by atoms with Crippen LogP contribution >= 0.6 is 0 Å². The largest absolute Gasteiger partial charge is 0.514 e. The van der Waals surface area contributed by atoms with Gasteiger partial charge in [0.2, 0.25) is 6.04 Å². The molecule has 0 aromatic heterocycles. The Morgan fingerprint density at radius 2 is 1.61 bits per heavy atom. The maximum absolute atomic E-state index is 12.0. The lowest BCUT2D eigenvalue weighted by Crippen LogP contribution is -2.67. The molecule has 0 amide bonds. The summed E-state index contributed by atoms with van der Waals surface area (Å²) >= 11 is 0. The van der Waals surface area contributed by atoms with Gasteiger partial charge in [-0.25, -0.2) is 9.59 Å². The number of quaternary nitrogens is 1. The van der Waals surface area contributed by atoms with Crippen molar-refractivity contribution in [1.82, 2.24) is 0 Å². The van der Waals surface area contributed by atoms with Crippen molar-refractivity contribution in [3.63, 3.8) is 0 Å². The molecule has 0 saturated carbocycles. The lowest BCUT2D eigenvalue weighted by molar-refractivity contribution is -0.413. The van der Waals surface area contributed by atoms with Gasteiger partial charge in [-0.15, -0.1) is 0 Å². The Morgan fingerprint density at radius 3 is 2.04 bits per heavy atom. The van der Waals surface area contributed by atoms with E-state index in [-0.39, 0.29) is 18.4 Å². The molecule has 0 saturated heterocycles. The van der Waals surface area contributed by atoms with Gasteiger partial charge in [0.25, 0.3) is 0 Å². The Balaban J connectivity index is 2.86. The third kappa shape index (κ3) is 5.25. The molecule has 1 aromatic rings. The average molecular weight is 324 g/mol. The zero-order valence-corrected chi connectivity index (χ0v) is 14.4. The summed E-state index contributed by atoms with van der Waals surface area (Å²) < 4.78 is 14.9. The summed E-state index contributed by atoms with van der Waals surface area (Å²) in [5.74, 6) is 0.392. The molecule has 1 rings (SSSR count). The molecule has 0 heterocycles. The van der Waals surface area contributed by atoms with Crippen LogP contribution in [0.5, 0.6) is 5.75 Å². The summed E-state index contributed by atoms with van der Waals surface area (Å²) in [5, 5.41) is 0. The Labute approximate surface area is 136 Å². The Kier molecular flexibility index (Phi) is 7.03. The van der Waals surface area contributed by atoms with Crippen molar-refractivity contribution in [2.45, 2.75) is 45.6 Å². The van der Waals surface area contributed by atoms with Gasteiger partial charge >= 0.3 is 12.1 Å². The predicted octanol–water partition coefficient (Wildman–Crippen LogP) is 2.23. The molecule has 6 heteroatoms. The maximum Gasteiger partial charge on any atom is 0.514 e. The lowest BCUT2D eigenvalue weighted by atomic mass is 9.94. The van der Waals surface area contributed by atoms with Crippen LogP contribution in [0.25, 0.3) is 0 Å². The summed E-state index contributed by atoms with van der Waals surface area (Å²) in [6.07, 6.45) is -0.849. The number of benzene rings is 1. The van der Waals surface area contributed by atoms with Crippen LogP contribution in [0, 0.1) is 0 Å². The molecule has 0 spiro atoms. The molecule has 0 aliphatic rings. The lowest BCUT2D eigenvalue weighted by Gasteiger charge is -2.18. The summed E-state index contributed by atoms with van der Waals surface area (Å²) in [6, 6.07) is 5.03. The molecule has 0 radical (unpaired) electrons. The van der Waals surface area contributed by atoms with Crippen molar-refractivity contribution >= 4 is 12.1 Å². The number of hydrogen-bond donors (Lipinski definition) is 1. The highest BCUT2D eigenvalue weighted by Gasteiger charge is 2.23. The van der Waals surface area contributed by atoms with Crippen LogP contribution < -0.4 is 10.5 Å². The van der Waals surface area contributed by atoms with Crippen molar-refractivity contribution < 1.29 is 29.5 Å². The maximum atomic E-state index is 12.0. The highest BCUT2D eigenvalue weighted by atomic mass is 16.7. The molecule has 23 heavy (non-hydrogen) atoms. The predicted molar refractivity (Wildman–Crippen MR) is 85.3 cm³/mol. The highest BCUT2D eigenvalue weighted by molar-refractivity contribution is 5.74. The second-order valence-corrected chi connectivity index (χ2v) is 5.96. The molecule has 0 aliphatic carbocycles. The fourth-order valence-corrected chi connectivity index (χ4v) is 2.12. The molecule has 0 aliphatic heterocycles. The van der Waals surface area contributed by atoms with Crippen molar-refractivity contribution in [2.24, 2.45) is 0 Å². The van der Waals surface area contributed by atoms with Crippen LogP contribution in [0.4, 0.5) is 4.79 Å². The van der Waals surface area contributed by atoms with E-state index >= 15 is 0 Å². The van der Waals surface area contributed by atoms with Gasteiger partial charge < -0.3 is 19.9 Å². The number of hydrogen-bond acceptors (Lipinski definition) is 5. The van der Waals surface area contributed by atoms with E-state index in [1.165, 1.54) is 7.11 Å². The van der Waals surface area contributed by atoms with Gasteiger partial charge in [0, 0.05) is 0 Å². The van der Waals surface area contributed by atoms with Crippen molar-refractivity contribution in [1.29, 1.82) is 0 Å². The van der Waals surface area contributed by atoms with E-state index in [0.717, 1.165) is 11.1 Å². The zero-order chi connectivity index (χ0) is 17.6. The van der Waals surface area contributed by atoms with Crippen LogP contribution in [0.3, 0.4) is 0 Å². The number of carbonyl (C=O) groups excluding carboxylic acids is 2. The van der Waals surface area contributed by atoms with E-state index in [1.807, 2.05) is 45.9 Å². The molecule has 6 nitrogen and oxygen atoms in total. The van der Waals surface area contributed by atoms with Gasteiger partial charge in [-0.3, -0.25) is 0 Å². The van der Waals surface area contributed by atoms with E-state index in [1.54, 1.807) is 0 Å². The van der Waals surface area contributed by atoms with E-state index in [4.69, 9.17) is 9.47 Å². The highest BCUT2D eigenvalue weighted by Crippen LogP contribution is 2.34. The van der Waals surface area contributed by atoms with E-state index in [9.17, 15) is 9.59 Å². The molecule has 128 valence electrons. The first-order valence-electron chi connectivity index (χ1n) is 7.66. The Morgan fingerprint density at radius 1 is 1.09 bits per heavy atom. The number of methoxy groups -OCH3 is 1. The smallest absolute Gasteiger partial charge is 0.465 e. The first-order chi connectivity index (χ1) is 10.8. The summed E-state index contributed by atoms with van der Waals surface area (Å²) in [7, 11) is 1.26. The van der Waals surface area contributed by atoms with Crippen LogP contribution in [-0.4, -0.2) is 31.9 Å². The van der Waals surface area contributed by atoms with Gasteiger partial charge in [0.1, 0.15) is 5.75 Å². The van der Waals surface area contributed by atoms with E-state index < -0.39 is 18.2 Å². The number of carbonyl (C=O) groups is 2. The molecule has 3 N–H and O–H groups in total. The third-order valence-corrected chi connectivity index (χ3v) is 3.44. The normalized spacial score (nSPS) is 12.2. The standard InChI is InChI=1S/C17H25NO5/c1-10(2)12-7-6-8-13(11(3)4)15(12)23-17(20)22-9-14(18)16(19)21-5/h6-8,10-11,14H,9,18H2,1-5H3/p+1/t14-/m0/s1. The first kappa shape index (κ1) is 19.0. The van der Waals surface area contributed by atoms with Crippen LogP contribution in [-0.2, 0) is 14.3 Å². The molecular weight excluding hydrogens is 298 g/mol.